The van der Waals surface area contributed by atoms with E-state index >= 15 is 0 Å². The Morgan fingerprint density at radius 2 is 1.70 bits per heavy atom. The van der Waals surface area contributed by atoms with Gasteiger partial charge in [-0.05, 0) is 79.6 Å². The minimum absolute atomic E-state index is 0.0297. The molecule has 4 aromatic rings. The summed E-state index contributed by atoms with van der Waals surface area (Å²) in [5.41, 5.74) is 2.06. The van der Waals surface area contributed by atoms with Crippen LogP contribution in [0.25, 0.3) is 0 Å². The first-order valence-electron chi connectivity index (χ1n) is 16.2. The lowest BCUT2D eigenvalue weighted by molar-refractivity contribution is -0.123. The summed E-state index contributed by atoms with van der Waals surface area (Å²) < 4.78 is 11.2. The molecule has 10 nitrogen and oxygen atoms in total. The van der Waals surface area contributed by atoms with Crippen LogP contribution in [-0.2, 0) is 19.1 Å². The fourth-order valence-corrected chi connectivity index (χ4v) is 11.5. The Morgan fingerprint density at radius 3 is 2.44 bits per heavy atom. The van der Waals surface area contributed by atoms with Crippen LogP contribution in [0, 0.1) is 29.6 Å². The van der Waals surface area contributed by atoms with Crippen LogP contribution in [-0.4, -0.2) is 47.1 Å². The van der Waals surface area contributed by atoms with Gasteiger partial charge in [0.25, 0.3) is 5.91 Å². The van der Waals surface area contributed by atoms with Gasteiger partial charge < -0.3 is 19.8 Å². The number of thioether (sulfide) groups is 1. The van der Waals surface area contributed by atoms with E-state index in [4.69, 9.17) is 32.7 Å². The molecule has 1 saturated heterocycles. The predicted octanol–water partition coefficient (Wildman–Crippen LogP) is 6.62. The van der Waals surface area contributed by atoms with Crippen LogP contribution in [0.2, 0.25) is 10.0 Å². The number of aromatic amines is 1. The van der Waals surface area contributed by atoms with Gasteiger partial charge in [-0.2, -0.15) is 0 Å². The number of hydrogen-bond donors (Lipinski definition) is 2. The predicted molar refractivity (Wildman–Crippen MR) is 190 cm³/mol. The molecule has 7 atom stereocenters. The van der Waals surface area contributed by atoms with Crippen molar-refractivity contribution in [3.8, 4) is 5.75 Å². The number of nitrogens with zero attached hydrogens (tertiary/aromatic N) is 1. The summed E-state index contributed by atoms with van der Waals surface area (Å²) in [6.45, 7) is 1.68. The van der Waals surface area contributed by atoms with Gasteiger partial charge in [0.2, 0.25) is 11.8 Å². The molecule has 2 bridgehead atoms. The van der Waals surface area contributed by atoms with Gasteiger partial charge in [0.05, 0.1) is 44.8 Å². The number of imide groups is 1. The average Bonchev–Trinajstić information content (AvgIpc) is 3.84. The lowest BCUT2D eigenvalue weighted by atomic mass is 9.68. The smallest absolute Gasteiger partial charge is 0.338 e. The first-order chi connectivity index (χ1) is 24.1. The first kappa shape index (κ1) is 33.1. The highest BCUT2D eigenvalue weighted by atomic mass is 35.5. The number of carbonyl (C=O) groups excluding carboxylic acids is 4. The first-order valence-corrected chi connectivity index (χ1v) is 18.6. The number of anilines is 2. The SMILES string of the molecule is CCOC(=O)c1ccc(N2C(=O)C3C(C2=O)[C@@H]2C[C@H]3C3Sc4[nH]c(=O)sc4[C@H](c4ccccc4OCC(=O)Nc4ccc(Cl)c(Cl)c4)C32)cc1. The maximum atomic E-state index is 14.2. The summed E-state index contributed by atoms with van der Waals surface area (Å²) in [7, 11) is 0. The molecule has 8 rings (SSSR count). The number of amides is 3. The molecular formula is C36H29Cl2N3O7S2. The van der Waals surface area contributed by atoms with E-state index in [2.05, 4.69) is 10.3 Å². The van der Waals surface area contributed by atoms with Crippen LogP contribution in [0.15, 0.2) is 76.6 Å². The molecular weight excluding hydrogens is 721 g/mol. The van der Waals surface area contributed by atoms with E-state index in [1.165, 1.54) is 4.90 Å². The van der Waals surface area contributed by atoms with E-state index in [9.17, 15) is 24.0 Å². The zero-order valence-electron chi connectivity index (χ0n) is 26.4. The second kappa shape index (κ2) is 12.9. The van der Waals surface area contributed by atoms with Crippen LogP contribution < -0.4 is 19.8 Å². The zero-order chi connectivity index (χ0) is 34.8. The number of esters is 1. The largest absolute Gasteiger partial charge is 0.483 e. The van der Waals surface area contributed by atoms with E-state index in [1.54, 1.807) is 67.2 Å². The Balaban J connectivity index is 1.09. The maximum Gasteiger partial charge on any atom is 0.338 e. The molecule has 1 aromatic heterocycles. The molecule has 4 aliphatic rings. The summed E-state index contributed by atoms with van der Waals surface area (Å²) in [6, 6.07) is 18.6. The standard InChI is InChI=1S/C36H29Cl2N3O7S2/c1-2-47-35(45)16-7-10-18(11-8-16)41-33(43)28-20-14-21(29(28)34(41)44)30-27(20)26(31-32(49-30)40-36(46)50-31)19-5-3-4-6-24(19)48-15-25(42)39-17-9-12-22(37)23(38)13-17/h3-13,20-21,26-30H,2,14-15H2,1H3,(H,39,42)(H,40,46)/t20-,21-,26-,27?,28?,29?,30?/m1/s1. The second-order valence-corrected chi connectivity index (χ2v) is 15.8. The fourth-order valence-electron chi connectivity index (χ4n) is 8.36. The molecule has 0 spiro atoms. The highest BCUT2D eigenvalue weighted by Gasteiger charge is 2.69. The lowest BCUT2D eigenvalue weighted by Gasteiger charge is -2.43. The average molecular weight is 751 g/mol. The summed E-state index contributed by atoms with van der Waals surface area (Å²) in [5, 5.41) is 4.20. The van der Waals surface area contributed by atoms with Gasteiger partial charge in [0, 0.05) is 27.3 Å². The lowest BCUT2D eigenvalue weighted by Crippen LogP contribution is -2.42. The highest BCUT2D eigenvalue weighted by molar-refractivity contribution is 8.00. The van der Waals surface area contributed by atoms with Gasteiger partial charge >= 0.3 is 10.8 Å². The number of H-pyrrole nitrogens is 1. The molecule has 3 heterocycles. The van der Waals surface area contributed by atoms with Crippen LogP contribution in [0.1, 0.15) is 40.1 Å². The highest BCUT2D eigenvalue weighted by Crippen LogP contribution is 2.69. The van der Waals surface area contributed by atoms with Crippen molar-refractivity contribution in [2.24, 2.45) is 29.6 Å². The van der Waals surface area contributed by atoms with Gasteiger partial charge in [-0.15, -0.1) is 11.8 Å². The van der Waals surface area contributed by atoms with E-state index in [0.29, 0.717) is 32.7 Å². The van der Waals surface area contributed by atoms with Gasteiger partial charge in [0.1, 0.15) is 5.75 Å². The van der Waals surface area contributed by atoms with Crippen LogP contribution in [0.5, 0.6) is 5.75 Å². The van der Waals surface area contributed by atoms with Crippen molar-refractivity contribution >= 4 is 81.4 Å². The van der Waals surface area contributed by atoms with Crippen molar-refractivity contribution in [1.82, 2.24) is 4.98 Å². The van der Waals surface area contributed by atoms with E-state index in [-0.39, 0.29) is 58.8 Å². The number of rotatable bonds is 8. The number of carbonyl (C=O) groups is 4. The van der Waals surface area contributed by atoms with Crippen LogP contribution in [0.4, 0.5) is 11.4 Å². The number of thiazole rings is 1. The Kier molecular flexibility index (Phi) is 8.53. The summed E-state index contributed by atoms with van der Waals surface area (Å²) in [5.74, 6) is -2.39. The van der Waals surface area contributed by atoms with Crippen LogP contribution in [0.3, 0.4) is 0 Å². The summed E-state index contributed by atoms with van der Waals surface area (Å²) in [6.07, 6.45) is 0.718. The molecule has 256 valence electrons. The van der Waals surface area contributed by atoms with Gasteiger partial charge in [-0.3, -0.25) is 24.1 Å². The number of fused-ring (bicyclic) bond motifs is 9. The summed E-state index contributed by atoms with van der Waals surface area (Å²) in [4.78, 5) is 71.1. The molecule has 3 aromatic carbocycles. The number of hydrogen-bond acceptors (Lipinski definition) is 9. The van der Waals surface area contributed by atoms with Gasteiger partial charge in [-0.1, -0.05) is 52.7 Å². The van der Waals surface area contributed by atoms with Crippen molar-refractivity contribution in [2.75, 3.05) is 23.4 Å². The van der Waals surface area contributed by atoms with Gasteiger partial charge in [0.15, 0.2) is 6.61 Å². The number of nitrogens with one attached hydrogen (secondary N) is 2. The number of para-hydroxylation sites is 1. The second-order valence-electron chi connectivity index (χ2n) is 12.7. The number of benzene rings is 3. The third-order valence-electron chi connectivity index (χ3n) is 10.2. The van der Waals surface area contributed by atoms with Crippen molar-refractivity contribution in [1.29, 1.82) is 0 Å². The molecule has 2 saturated carbocycles. The molecule has 4 unspecified atom stereocenters. The quantitative estimate of drug-likeness (QED) is 0.152. The van der Waals surface area contributed by atoms with Crippen molar-refractivity contribution in [3.63, 3.8) is 0 Å². The third-order valence-corrected chi connectivity index (χ3v) is 13.5. The molecule has 14 heteroatoms. The van der Waals surface area contributed by atoms with Crippen LogP contribution >= 0.6 is 46.3 Å². The fraction of sp³-hybridized carbons (Fsp3) is 0.306. The molecule has 0 radical (unpaired) electrons. The molecule has 2 N–H and O–H groups in total. The van der Waals surface area contributed by atoms with Crippen molar-refractivity contribution < 1.29 is 28.7 Å². The van der Waals surface area contributed by atoms with E-state index in [1.807, 2.05) is 18.2 Å². The topological polar surface area (TPSA) is 135 Å². The third kappa shape index (κ3) is 5.44. The molecule has 2 aliphatic carbocycles. The van der Waals surface area contributed by atoms with Gasteiger partial charge in [-0.25, -0.2) is 4.79 Å². The maximum absolute atomic E-state index is 14.2. The molecule has 50 heavy (non-hydrogen) atoms. The Hall–Kier alpha value is -4.10. The Morgan fingerprint density at radius 1 is 0.960 bits per heavy atom. The van der Waals surface area contributed by atoms with Crippen molar-refractivity contribution in [2.45, 2.75) is 29.5 Å². The monoisotopic (exact) mass is 749 g/mol. The number of ether oxygens (including phenoxy) is 2. The Bertz CT molecular complexity index is 2120. The Labute approximate surface area is 304 Å². The summed E-state index contributed by atoms with van der Waals surface area (Å²) >= 11 is 14.9. The minimum atomic E-state index is -0.510. The normalized spacial score (nSPS) is 26.0. The molecule has 3 amide bonds. The molecule has 3 fully saturated rings. The molecule has 2 aliphatic heterocycles. The van der Waals surface area contributed by atoms with E-state index < -0.39 is 23.7 Å². The number of halogens is 2. The zero-order valence-corrected chi connectivity index (χ0v) is 29.5. The minimum Gasteiger partial charge on any atom is -0.483 e. The number of aromatic nitrogens is 1. The van der Waals surface area contributed by atoms with E-state index in [0.717, 1.165) is 33.2 Å². The van der Waals surface area contributed by atoms with Crippen molar-refractivity contribution in [3.05, 3.63) is 102 Å².